The SMILES string of the molecule is O=C(O)CCC(NC(=O)OCC1c2ccccc2-c2ccccc21)C(=O)NCC1CCCO1. The van der Waals surface area contributed by atoms with E-state index in [1.165, 1.54) is 0 Å². The lowest BCUT2D eigenvalue weighted by molar-refractivity contribution is -0.137. The number of ether oxygens (including phenoxy) is 2. The number of alkyl carbamates (subject to hydrolysis) is 1. The molecule has 0 saturated carbocycles. The molecule has 1 heterocycles. The van der Waals surface area contributed by atoms with Crippen molar-refractivity contribution in [3.63, 3.8) is 0 Å². The van der Waals surface area contributed by atoms with E-state index in [1.807, 2.05) is 36.4 Å². The smallest absolute Gasteiger partial charge is 0.407 e. The maximum absolute atomic E-state index is 12.6. The summed E-state index contributed by atoms with van der Waals surface area (Å²) in [5.74, 6) is -1.59. The molecule has 33 heavy (non-hydrogen) atoms. The molecule has 3 N–H and O–H groups in total. The van der Waals surface area contributed by atoms with E-state index in [1.54, 1.807) is 0 Å². The third-order valence-electron chi connectivity index (χ3n) is 6.13. The van der Waals surface area contributed by atoms with Gasteiger partial charge in [0.05, 0.1) is 6.10 Å². The van der Waals surface area contributed by atoms with E-state index in [0.29, 0.717) is 13.2 Å². The van der Waals surface area contributed by atoms with Crippen LogP contribution in [0.5, 0.6) is 0 Å². The average molecular weight is 453 g/mol. The molecule has 0 bridgehead atoms. The maximum atomic E-state index is 12.6. The Hall–Kier alpha value is -3.39. The molecule has 2 amide bonds. The van der Waals surface area contributed by atoms with Crippen LogP contribution in [0.1, 0.15) is 42.7 Å². The van der Waals surface area contributed by atoms with Crippen molar-refractivity contribution < 1.29 is 29.0 Å². The van der Waals surface area contributed by atoms with Gasteiger partial charge in [0.25, 0.3) is 0 Å². The number of carboxylic acids is 1. The molecule has 1 aliphatic heterocycles. The Bertz CT molecular complexity index is 972. The van der Waals surface area contributed by atoms with Gasteiger partial charge >= 0.3 is 12.1 Å². The zero-order valence-corrected chi connectivity index (χ0v) is 18.3. The summed E-state index contributed by atoms with van der Waals surface area (Å²) >= 11 is 0. The first kappa shape index (κ1) is 22.8. The van der Waals surface area contributed by atoms with E-state index < -0.39 is 24.0 Å². The molecule has 0 spiro atoms. The monoisotopic (exact) mass is 452 g/mol. The minimum atomic E-state index is -1.04. The zero-order valence-electron chi connectivity index (χ0n) is 18.3. The average Bonchev–Trinajstić information content (AvgIpc) is 3.45. The lowest BCUT2D eigenvalue weighted by Crippen LogP contribution is -2.48. The number of rotatable bonds is 9. The zero-order chi connectivity index (χ0) is 23.2. The van der Waals surface area contributed by atoms with Crippen molar-refractivity contribution in [2.24, 2.45) is 0 Å². The van der Waals surface area contributed by atoms with Gasteiger partial charge < -0.3 is 25.2 Å². The first-order chi connectivity index (χ1) is 16.0. The van der Waals surface area contributed by atoms with Gasteiger partial charge in [-0.1, -0.05) is 48.5 Å². The first-order valence-electron chi connectivity index (χ1n) is 11.3. The fourth-order valence-corrected chi connectivity index (χ4v) is 4.46. The highest BCUT2D eigenvalue weighted by molar-refractivity contribution is 5.86. The van der Waals surface area contributed by atoms with E-state index >= 15 is 0 Å². The number of fused-ring (bicyclic) bond motifs is 3. The summed E-state index contributed by atoms with van der Waals surface area (Å²) in [5.41, 5.74) is 4.41. The molecule has 1 aliphatic carbocycles. The second-order valence-electron chi connectivity index (χ2n) is 8.34. The second kappa shape index (κ2) is 10.5. The van der Waals surface area contributed by atoms with Crippen molar-refractivity contribution in [1.29, 1.82) is 0 Å². The van der Waals surface area contributed by atoms with Crippen molar-refractivity contribution in [3.05, 3.63) is 59.7 Å². The highest BCUT2D eigenvalue weighted by Gasteiger charge is 2.30. The van der Waals surface area contributed by atoms with Gasteiger partial charge in [-0.15, -0.1) is 0 Å². The summed E-state index contributed by atoms with van der Waals surface area (Å²) in [4.78, 5) is 36.2. The van der Waals surface area contributed by atoms with Crippen LogP contribution in [0, 0.1) is 0 Å². The molecule has 1 saturated heterocycles. The van der Waals surface area contributed by atoms with Crippen LogP contribution >= 0.6 is 0 Å². The van der Waals surface area contributed by atoms with Gasteiger partial charge in [-0.3, -0.25) is 9.59 Å². The van der Waals surface area contributed by atoms with Crippen molar-refractivity contribution in [2.75, 3.05) is 19.8 Å². The number of hydrogen-bond donors (Lipinski definition) is 3. The lowest BCUT2D eigenvalue weighted by atomic mass is 9.98. The molecular weight excluding hydrogens is 424 g/mol. The number of benzene rings is 2. The molecule has 174 valence electrons. The number of carboxylic acid groups (broad SMARTS) is 1. The van der Waals surface area contributed by atoms with Gasteiger partial charge in [-0.2, -0.15) is 0 Å². The van der Waals surface area contributed by atoms with Crippen molar-refractivity contribution in [2.45, 2.75) is 43.7 Å². The van der Waals surface area contributed by atoms with Crippen molar-refractivity contribution in [3.8, 4) is 11.1 Å². The summed E-state index contributed by atoms with van der Waals surface area (Å²) < 4.78 is 11.0. The van der Waals surface area contributed by atoms with Gasteiger partial charge in [0.2, 0.25) is 5.91 Å². The number of hydrogen-bond acceptors (Lipinski definition) is 5. The minimum Gasteiger partial charge on any atom is -0.481 e. The molecule has 8 nitrogen and oxygen atoms in total. The summed E-state index contributed by atoms with van der Waals surface area (Å²) in [6.45, 7) is 1.11. The van der Waals surface area contributed by atoms with Crippen LogP contribution in [0.3, 0.4) is 0 Å². The Morgan fingerprint density at radius 2 is 1.73 bits per heavy atom. The first-order valence-corrected chi connectivity index (χ1v) is 11.3. The van der Waals surface area contributed by atoms with E-state index in [-0.39, 0.29) is 31.5 Å². The number of carbonyl (C=O) groups is 3. The summed E-state index contributed by atoms with van der Waals surface area (Å²) in [6, 6.07) is 15.0. The fraction of sp³-hybridized carbons (Fsp3) is 0.400. The summed E-state index contributed by atoms with van der Waals surface area (Å²) in [6.07, 6.45) is 0.724. The van der Waals surface area contributed by atoms with Crippen LogP contribution in [-0.4, -0.2) is 55.0 Å². The molecule has 2 atom stereocenters. The van der Waals surface area contributed by atoms with Gasteiger partial charge in [0, 0.05) is 25.5 Å². The van der Waals surface area contributed by atoms with Gasteiger partial charge in [0.1, 0.15) is 12.6 Å². The minimum absolute atomic E-state index is 0.0309. The Morgan fingerprint density at radius 3 is 2.33 bits per heavy atom. The number of amides is 2. The predicted molar refractivity (Wildman–Crippen MR) is 121 cm³/mol. The number of nitrogens with one attached hydrogen (secondary N) is 2. The second-order valence-corrected chi connectivity index (χ2v) is 8.34. The van der Waals surface area contributed by atoms with Crippen LogP contribution in [0.4, 0.5) is 4.79 Å². The quantitative estimate of drug-likeness (QED) is 0.539. The molecule has 2 aromatic carbocycles. The summed E-state index contributed by atoms with van der Waals surface area (Å²) in [7, 11) is 0. The van der Waals surface area contributed by atoms with Gasteiger partial charge in [0.15, 0.2) is 0 Å². The topological polar surface area (TPSA) is 114 Å². The molecule has 1 fully saturated rings. The third kappa shape index (κ3) is 5.51. The van der Waals surface area contributed by atoms with Crippen molar-refractivity contribution in [1.82, 2.24) is 10.6 Å². The van der Waals surface area contributed by atoms with Crippen LogP contribution in [0.2, 0.25) is 0 Å². The van der Waals surface area contributed by atoms with E-state index in [9.17, 15) is 14.4 Å². The molecule has 2 aliphatic rings. The Labute approximate surface area is 192 Å². The standard InChI is InChI=1S/C25H28N2O6/c28-23(29)12-11-22(24(30)26-14-16-6-5-13-32-16)27-25(31)33-15-21-19-9-3-1-7-17(19)18-8-2-4-10-20(18)21/h1-4,7-10,16,21-22H,5-6,11-15H2,(H,26,30)(H,27,31)(H,28,29). The molecule has 2 unspecified atom stereocenters. The number of aliphatic carboxylic acids is 1. The highest BCUT2D eigenvalue weighted by atomic mass is 16.5. The molecule has 4 rings (SSSR count). The molecule has 0 aromatic heterocycles. The van der Waals surface area contributed by atoms with E-state index in [4.69, 9.17) is 14.6 Å². The molecule has 2 aromatic rings. The lowest BCUT2D eigenvalue weighted by Gasteiger charge is -2.20. The molecular formula is C25H28N2O6. The van der Waals surface area contributed by atoms with Crippen LogP contribution in [0.25, 0.3) is 11.1 Å². The maximum Gasteiger partial charge on any atom is 0.407 e. The van der Waals surface area contributed by atoms with Crippen molar-refractivity contribution >= 4 is 18.0 Å². The Balaban J connectivity index is 1.37. The van der Waals surface area contributed by atoms with Crippen LogP contribution < -0.4 is 10.6 Å². The van der Waals surface area contributed by atoms with Crippen LogP contribution in [-0.2, 0) is 19.1 Å². The third-order valence-corrected chi connectivity index (χ3v) is 6.13. The Morgan fingerprint density at radius 1 is 1.06 bits per heavy atom. The van der Waals surface area contributed by atoms with Gasteiger partial charge in [-0.05, 0) is 41.5 Å². The largest absolute Gasteiger partial charge is 0.481 e. The van der Waals surface area contributed by atoms with Crippen LogP contribution in [0.15, 0.2) is 48.5 Å². The Kier molecular flexibility index (Phi) is 7.24. The molecule has 8 heteroatoms. The van der Waals surface area contributed by atoms with E-state index in [2.05, 4.69) is 22.8 Å². The predicted octanol–water partition coefficient (Wildman–Crippen LogP) is 3.05. The normalized spacial score (nSPS) is 17.6. The highest BCUT2D eigenvalue weighted by Crippen LogP contribution is 2.44. The molecule has 0 radical (unpaired) electrons. The fourth-order valence-electron chi connectivity index (χ4n) is 4.46. The van der Waals surface area contributed by atoms with E-state index in [0.717, 1.165) is 35.1 Å². The van der Waals surface area contributed by atoms with Gasteiger partial charge in [-0.25, -0.2) is 4.79 Å². The summed E-state index contributed by atoms with van der Waals surface area (Å²) in [5, 5.41) is 14.3. The number of carbonyl (C=O) groups excluding carboxylic acids is 2.